The summed E-state index contributed by atoms with van der Waals surface area (Å²) in [6, 6.07) is 13.4. The van der Waals surface area contributed by atoms with Crippen molar-refractivity contribution in [2.24, 2.45) is 0 Å². The molecular formula is C15H10ClFO2. The van der Waals surface area contributed by atoms with Gasteiger partial charge in [-0.3, -0.25) is 0 Å². The Kier molecular flexibility index (Phi) is 3.13. The first-order chi connectivity index (χ1) is 9.22. The van der Waals surface area contributed by atoms with Crippen molar-refractivity contribution in [2.75, 3.05) is 0 Å². The average molecular weight is 277 g/mol. The third-order valence-corrected chi connectivity index (χ3v) is 3.01. The van der Waals surface area contributed by atoms with E-state index in [0.717, 1.165) is 0 Å². The number of halogens is 2. The summed E-state index contributed by atoms with van der Waals surface area (Å²) < 4.78 is 24.5. The lowest BCUT2D eigenvalue weighted by atomic mass is 10.2. The largest absolute Gasteiger partial charge is 0.486 e. The van der Waals surface area contributed by atoms with Gasteiger partial charge in [-0.25, -0.2) is 4.39 Å². The van der Waals surface area contributed by atoms with Crippen molar-refractivity contribution in [3.8, 4) is 5.75 Å². The highest BCUT2D eigenvalue weighted by molar-refractivity contribution is 6.30. The fourth-order valence-corrected chi connectivity index (χ4v) is 1.96. The number of furan rings is 1. The molecule has 0 bridgehead atoms. The molecule has 0 amide bonds. The van der Waals surface area contributed by atoms with E-state index in [1.165, 1.54) is 6.07 Å². The van der Waals surface area contributed by atoms with Crippen LogP contribution in [0.2, 0.25) is 5.02 Å². The van der Waals surface area contributed by atoms with E-state index in [1.807, 2.05) is 0 Å². The Labute approximate surface area is 114 Å². The Morgan fingerprint density at radius 2 is 1.89 bits per heavy atom. The molecule has 0 saturated heterocycles. The van der Waals surface area contributed by atoms with Gasteiger partial charge in [0.15, 0.2) is 0 Å². The zero-order chi connectivity index (χ0) is 13.2. The molecule has 0 unspecified atom stereocenters. The van der Waals surface area contributed by atoms with Crippen LogP contribution in [0.4, 0.5) is 4.39 Å². The number of benzene rings is 2. The predicted octanol–water partition coefficient (Wildman–Crippen LogP) is 4.80. The highest BCUT2D eigenvalue weighted by atomic mass is 35.5. The molecule has 96 valence electrons. The maximum atomic E-state index is 13.5. The van der Waals surface area contributed by atoms with E-state index < -0.39 is 0 Å². The van der Waals surface area contributed by atoms with Gasteiger partial charge in [0.05, 0.1) is 5.39 Å². The summed E-state index contributed by atoms with van der Waals surface area (Å²) in [5.74, 6) is 0.972. The highest BCUT2D eigenvalue weighted by Crippen LogP contribution is 2.23. The average Bonchev–Trinajstić information content (AvgIpc) is 2.83. The van der Waals surface area contributed by atoms with Gasteiger partial charge in [0.1, 0.15) is 29.5 Å². The number of hydrogen-bond acceptors (Lipinski definition) is 2. The van der Waals surface area contributed by atoms with Gasteiger partial charge in [-0.1, -0.05) is 17.7 Å². The van der Waals surface area contributed by atoms with E-state index >= 15 is 0 Å². The van der Waals surface area contributed by atoms with Crippen LogP contribution in [0.5, 0.6) is 5.75 Å². The summed E-state index contributed by atoms with van der Waals surface area (Å²) in [4.78, 5) is 0. The first kappa shape index (κ1) is 12.1. The Morgan fingerprint density at radius 3 is 2.63 bits per heavy atom. The second-order valence-corrected chi connectivity index (χ2v) is 4.54. The molecule has 0 radical (unpaired) electrons. The summed E-state index contributed by atoms with van der Waals surface area (Å²) in [5.41, 5.74) is 0.523. The standard InChI is InChI=1S/C15H10ClFO2/c16-10-4-6-11(7-5-10)18-9-12-8-13-14(17)2-1-3-15(13)19-12/h1-8H,9H2. The van der Waals surface area contributed by atoms with Gasteiger partial charge in [-0.2, -0.15) is 0 Å². The smallest absolute Gasteiger partial charge is 0.146 e. The first-order valence-corrected chi connectivity index (χ1v) is 6.15. The lowest BCUT2D eigenvalue weighted by Crippen LogP contribution is -1.92. The van der Waals surface area contributed by atoms with Gasteiger partial charge in [-0.05, 0) is 42.5 Å². The van der Waals surface area contributed by atoms with Crippen molar-refractivity contribution < 1.29 is 13.5 Å². The molecule has 0 aliphatic rings. The summed E-state index contributed by atoms with van der Waals surface area (Å²) >= 11 is 5.78. The van der Waals surface area contributed by atoms with Crippen LogP contribution in [0.3, 0.4) is 0 Å². The molecule has 3 aromatic rings. The molecule has 0 atom stereocenters. The minimum absolute atomic E-state index is 0.246. The van der Waals surface area contributed by atoms with E-state index in [2.05, 4.69) is 0 Å². The summed E-state index contributed by atoms with van der Waals surface area (Å²) in [5, 5.41) is 1.12. The molecular weight excluding hydrogens is 267 g/mol. The van der Waals surface area contributed by atoms with Gasteiger partial charge in [0.25, 0.3) is 0 Å². The number of rotatable bonds is 3. The second kappa shape index (κ2) is 4.94. The molecule has 0 saturated carbocycles. The summed E-state index contributed by atoms with van der Waals surface area (Å²) in [7, 11) is 0. The van der Waals surface area contributed by atoms with Crippen LogP contribution in [0.15, 0.2) is 52.9 Å². The van der Waals surface area contributed by atoms with Crippen LogP contribution in [0, 0.1) is 5.82 Å². The molecule has 1 aromatic heterocycles. The molecule has 4 heteroatoms. The number of hydrogen-bond donors (Lipinski definition) is 0. The summed E-state index contributed by atoms with van der Waals surface area (Å²) in [6.07, 6.45) is 0. The van der Waals surface area contributed by atoms with E-state index in [1.54, 1.807) is 42.5 Å². The minimum atomic E-state index is -0.293. The van der Waals surface area contributed by atoms with Crippen LogP contribution in [0.25, 0.3) is 11.0 Å². The zero-order valence-corrected chi connectivity index (χ0v) is 10.7. The van der Waals surface area contributed by atoms with Crippen LogP contribution < -0.4 is 4.74 Å². The maximum absolute atomic E-state index is 13.5. The van der Waals surface area contributed by atoms with E-state index in [-0.39, 0.29) is 12.4 Å². The maximum Gasteiger partial charge on any atom is 0.146 e. The van der Waals surface area contributed by atoms with Crippen LogP contribution in [0.1, 0.15) is 5.76 Å². The van der Waals surface area contributed by atoms with Crippen molar-refractivity contribution in [1.82, 2.24) is 0 Å². The van der Waals surface area contributed by atoms with Crippen LogP contribution in [-0.2, 0) is 6.61 Å². The lowest BCUT2D eigenvalue weighted by Gasteiger charge is -2.03. The van der Waals surface area contributed by atoms with Gasteiger partial charge < -0.3 is 9.15 Å². The van der Waals surface area contributed by atoms with E-state index in [0.29, 0.717) is 27.5 Å². The van der Waals surface area contributed by atoms with Crippen LogP contribution >= 0.6 is 11.6 Å². The predicted molar refractivity (Wildman–Crippen MR) is 72.0 cm³/mol. The third-order valence-electron chi connectivity index (χ3n) is 2.75. The quantitative estimate of drug-likeness (QED) is 0.685. The van der Waals surface area contributed by atoms with Crippen molar-refractivity contribution in [3.05, 3.63) is 65.1 Å². The molecule has 0 spiro atoms. The molecule has 2 aromatic carbocycles. The molecule has 0 aliphatic heterocycles. The second-order valence-electron chi connectivity index (χ2n) is 4.11. The third kappa shape index (κ3) is 2.56. The Balaban J connectivity index is 1.78. The molecule has 0 aliphatic carbocycles. The Bertz CT molecular complexity index is 704. The molecule has 19 heavy (non-hydrogen) atoms. The molecule has 2 nitrogen and oxygen atoms in total. The van der Waals surface area contributed by atoms with Crippen molar-refractivity contribution >= 4 is 22.6 Å². The van der Waals surface area contributed by atoms with Gasteiger partial charge in [0, 0.05) is 5.02 Å². The van der Waals surface area contributed by atoms with Gasteiger partial charge in [0.2, 0.25) is 0 Å². The molecule has 0 N–H and O–H groups in total. The number of ether oxygens (including phenoxy) is 1. The zero-order valence-electron chi connectivity index (χ0n) is 9.90. The molecule has 1 heterocycles. The number of fused-ring (bicyclic) bond motifs is 1. The van der Waals surface area contributed by atoms with E-state index in [4.69, 9.17) is 20.8 Å². The van der Waals surface area contributed by atoms with Gasteiger partial charge in [-0.15, -0.1) is 0 Å². The molecule has 0 fully saturated rings. The normalized spacial score (nSPS) is 10.8. The fraction of sp³-hybridized carbons (Fsp3) is 0.0667. The summed E-state index contributed by atoms with van der Waals surface area (Å²) in [6.45, 7) is 0.246. The lowest BCUT2D eigenvalue weighted by molar-refractivity contribution is 0.274. The van der Waals surface area contributed by atoms with Crippen molar-refractivity contribution in [3.63, 3.8) is 0 Å². The van der Waals surface area contributed by atoms with Crippen molar-refractivity contribution in [1.29, 1.82) is 0 Å². The Hall–Kier alpha value is -2.00. The van der Waals surface area contributed by atoms with Gasteiger partial charge >= 0.3 is 0 Å². The first-order valence-electron chi connectivity index (χ1n) is 5.78. The van der Waals surface area contributed by atoms with Crippen LogP contribution in [-0.4, -0.2) is 0 Å². The SMILES string of the molecule is Fc1cccc2oc(COc3ccc(Cl)cc3)cc12. The van der Waals surface area contributed by atoms with Crippen molar-refractivity contribution in [2.45, 2.75) is 6.61 Å². The Morgan fingerprint density at radius 1 is 1.11 bits per heavy atom. The monoisotopic (exact) mass is 276 g/mol. The topological polar surface area (TPSA) is 22.4 Å². The van der Waals surface area contributed by atoms with E-state index in [9.17, 15) is 4.39 Å². The molecule has 3 rings (SSSR count). The highest BCUT2D eigenvalue weighted by Gasteiger charge is 2.08. The minimum Gasteiger partial charge on any atom is -0.486 e. The fourth-order valence-electron chi connectivity index (χ4n) is 1.83.